The fourth-order valence-electron chi connectivity index (χ4n) is 1.29. The van der Waals surface area contributed by atoms with Crippen molar-refractivity contribution in [3.05, 3.63) is 28.8 Å². The highest BCUT2D eigenvalue weighted by Gasteiger charge is 2.25. The van der Waals surface area contributed by atoms with Crippen molar-refractivity contribution in [2.75, 3.05) is 0 Å². The summed E-state index contributed by atoms with van der Waals surface area (Å²) in [6.07, 6.45) is 1.34. The van der Waals surface area contributed by atoms with Crippen LogP contribution in [0, 0.1) is 0 Å². The molecule has 0 aliphatic rings. The third-order valence-corrected chi connectivity index (χ3v) is 2.39. The molecule has 1 aromatic carbocycles. The van der Waals surface area contributed by atoms with Crippen LogP contribution in [0.25, 0.3) is 0 Å². The number of hydrogen-bond donors (Lipinski definition) is 4. The molecule has 0 heterocycles. The van der Waals surface area contributed by atoms with Crippen molar-refractivity contribution in [2.24, 2.45) is 0 Å². The topological polar surface area (TPSA) is 98.0 Å². The number of hydrogen-bond acceptors (Lipinski definition) is 4. The molecule has 0 spiro atoms. The zero-order valence-electron chi connectivity index (χ0n) is 8.07. The van der Waals surface area contributed by atoms with Gasteiger partial charge in [0, 0.05) is 5.56 Å². The van der Waals surface area contributed by atoms with Gasteiger partial charge in [-0.3, -0.25) is 0 Å². The number of carbonyl (C=O) groups is 1. The predicted molar refractivity (Wildman–Crippen MR) is 57.3 cm³/mol. The van der Waals surface area contributed by atoms with Crippen LogP contribution in [0.5, 0.6) is 17.2 Å². The lowest BCUT2D eigenvalue weighted by Crippen LogP contribution is -2.04. The number of phenolic OH excluding ortho intramolecular Hbond substituents is 3. The minimum atomic E-state index is -1.41. The largest absolute Gasteiger partial charge is 0.504 e. The zero-order valence-corrected chi connectivity index (χ0v) is 8.82. The van der Waals surface area contributed by atoms with Crippen LogP contribution in [0.15, 0.2) is 12.7 Å². The molecule has 0 bridgehead atoms. The van der Waals surface area contributed by atoms with Crippen LogP contribution in [-0.4, -0.2) is 26.4 Å². The summed E-state index contributed by atoms with van der Waals surface area (Å²) < 4.78 is 0. The SMILES string of the molecule is C=CCc1c(O)c(O)c(O)c(Cl)c1C(=O)O. The number of halogens is 1. The maximum absolute atomic E-state index is 10.9. The Bertz CT molecular complexity index is 467. The van der Waals surface area contributed by atoms with Gasteiger partial charge in [0.05, 0.1) is 5.56 Å². The fourth-order valence-corrected chi connectivity index (χ4v) is 1.58. The Hall–Kier alpha value is -1.88. The molecule has 0 fully saturated rings. The smallest absolute Gasteiger partial charge is 0.337 e. The van der Waals surface area contributed by atoms with Gasteiger partial charge in [-0.05, 0) is 6.42 Å². The van der Waals surface area contributed by atoms with E-state index in [1.165, 1.54) is 6.08 Å². The average molecular weight is 245 g/mol. The van der Waals surface area contributed by atoms with Crippen LogP contribution in [0.3, 0.4) is 0 Å². The second-order valence-electron chi connectivity index (χ2n) is 3.01. The van der Waals surface area contributed by atoms with Crippen molar-refractivity contribution in [1.29, 1.82) is 0 Å². The Morgan fingerprint density at radius 3 is 2.25 bits per heavy atom. The van der Waals surface area contributed by atoms with E-state index in [4.69, 9.17) is 16.7 Å². The molecule has 0 unspecified atom stereocenters. The summed E-state index contributed by atoms with van der Waals surface area (Å²) >= 11 is 5.57. The Balaban J connectivity index is 3.68. The number of phenols is 3. The normalized spacial score (nSPS) is 10.1. The van der Waals surface area contributed by atoms with Gasteiger partial charge < -0.3 is 20.4 Å². The first-order chi connectivity index (χ1) is 7.41. The number of allylic oxidation sites excluding steroid dienone is 1. The average Bonchev–Trinajstić information content (AvgIpc) is 2.23. The molecule has 0 saturated carbocycles. The molecule has 0 amide bonds. The molecule has 6 heteroatoms. The zero-order chi connectivity index (χ0) is 12.5. The van der Waals surface area contributed by atoms with Crippen molar-refractivity contribution >= 4 is 17.6 Å². The third-order valence-electron chi connectivity index (χ3n) is 2.03. The van der Waals surface area contributed by atoms with Gasteiger partial charge in [0.25, 0.3) is 0 Å². The fraction of sp³-hybridized carbons (Fsp3) is 0.100. The molecule has 1 aromatic rings. The van der Waals surface area contributed by atoms with Crippen LogP contribution in [0.2, 0.25) is 5.02 Å². The first kappa shape index (κ1) is 12.2. The first-order valence-electron chi connectivity index (χ1n) is 4.21. The van der Waals surface area contributed by atoms with E-state index in [1.807, 2.05) is 0 Å². The molecule has 0 saturated heterocycles. The van der Waals surface area contributed by atoms with Crippen molar-refractivity contribution in [3.8, 4) is 17.2 Å². The standard InChI is InChI=1S/C10H9ClO5/c1-2-3-4-5(10(15)16)6(11)8(13)9(14)7(4)12/h2,12-14H,1,3H2,(H,15,16). The van der Waals surface area contributed by atoms with E-state index >= 15 is 0 Å². The Kier molecular flexibility index (Phi) is 3.29. The maximum Gasteiger partial charge on any atom is 0.337 e. The van der Waals surface area contributed by atoms with E-state index in [-0.39, 0.29) is 12.0 Å². The second-order valence-corrected chi connectivity index (χ2v) is 3.39. The molecule has 5 nitrogen and oxygen atoms in total. The highest BCUT2D eigenvalue weighted by atomic mass is 35.5. The van der Waals surface area contributed by atoms with E-state index in [2.05, 4.69) is 6.58 Å². The van der Waals surface area contributed by atoms with Crippen molar-refractivity contribution < 1.29 is 25.2 Å². The van der Waals surface area contributed by atoms with Crippen LogP contribution in [0.4, 0.5) is 0 Å². The van der Waals surface area contributed by atoms with Crippen LogP contribution < -0.4 is 0 Å². The molecule has 0 atom stereocenters. The summed E-state index contributed by atoms with van der Waals surface area (Å²) in [4.78, 5) is 10.9. The highest BCUT2D eigenvalue weighted by molar-refractivity contribution is 6.35. The van der Waals surface area contributed by atoms with Crippen molar-refractivity contribution in [3.63, 3.8) is 0 Å². The first-order valence-corrected chi connectivity index (χ1v) is 4.59. The Morgan fingerprint density at radius 1 is 1.25 bits per heavy atom. The van der Waals surface area contributed by atoms with Crippen molar-refractivity contribution in [1.82, 2.24) is 0 Å². The van der Waals surface area contributed by atoms with E-state index in [0.29, 0.717) is 0 Å². The van der Waals surface area contributed by atoms with E-state index < -0.39 is 33.8 Å². The summed E-state index contributed by atoms with van der Waals surface area (Å²) in [6.45, 7) is 3.39. The second kappa shape index (κ2) is 4.32. The van der Waals surface area contributed by atoms with Gasteiger partial charge in [-0.1, -0.05) is 17.7 Å². The highest BCUT2D eigenvalue weighted by Crippen LogP contribution is 2.45. The molecule has 1 rings (SSSR count). The summed E-state index contributed by atoms with van der Waals surface area (Å²) in [6, 6.07) is 0. The van der Waals surface area contributed by atoms with Gasteiger partial charge in [0.15, 0.2) is 11.5 Å². The molecule has 0 aliphatic carbocycles. The van der Waals surface area contributed by atoms with E-state index in [0.717, 1.165) is 0 Å². The van der Waals surface area contributed by atoms with Crippen molar-refractivity contribution in [2.45, 2.75) is 6.42 Å². The number of carboxylic acid groups (broad SMARTS) is 1. The summed E-state index contributed by atoms with van der Waals surface area (Å²) in [7, 11) is 0. The molecule has 86 valence electrons. The van der Waals surface area contributed by atoms with E-state index in [9.17, 15) is 20.1 Å². The summed E-state index contributed by atoms with van der Waals surface area (Å²) in [5, 5.41) is 36.4. The maximum atomic E-state index is 10.9. The molecule has 16 heavy (non-hydrogen) atoms. The van der Waals surface area contributed by atoms with Gasteiger partial charge in [-0.25, -0.2) is 4.79 Å². The molecular weight excluding hydrogens is 236 g/mol. The number of carboxylic acids is 1. The number of aromatic hydroxyl groups is 3. The van der Waals surface area contributed by atoms with Crippen LogP contribution in [-0.2, 0) is 6.42 Å². The Morgan fingerprint density at radius 2 is 1.81 bits per heavy atom. The lowest BCUT2D eigenvalue weighted by molar-refractivity contribution is 0.0695. The van der Waals surface area contributed by atoms with Gasteiger partial charge >= 0.3 is 5.97 Å². The third kappa shape index (κ3) is 1.77. The molecule has 0 aromatic heterocycles. The lowest BCUT2D eigenvalue weighted by atomic mass is 10.0. The number of rotatable bonds is 3. The Labute approximate surface area is 95.8 Å². The monoisotopic (exact) mass is 244 g/mol. The molecule has 0 radical (unpaired) electrons. The van der Waals surface area contributed by atoms with Gasteiger partial charge in [-0.15, -0.1) is 6.58 Å². The predicted octanol–water partition coefficient (Wildman–Crippen LogP) is 1.88. The van der Waals surface area contributed by atoms with E-state index in [1.54, 1.807) is 0 Å². The van der Waals surface area contributed by atoms with Gasteiger partial charge in [-0.2, -0.15) is 0 Å². The number of benzene rings is 1. The quantitative estimate of drug-likeness (QED) is 0.481. The van der Waals surface area contributed by atoms with Gasteiger partial charge in [0.1, 0.15) is 5.02 Å². The minimum absolute atomic E-state index is 0.00102. The summed E-state index contributed by atoms with van der Waals surface area (Å²) in [5.74, 6) is -3.82. The minimum Gasteiger partial charge on any atom is -0.504 e. The number of aromatic carboxylic acids is 1. The van der Waals surface area contributed by atoms with Gasteiger partial charge in [0.2, 0.25) is 5.75 Å². The molecule has 4 N–H and O–H groups in total. The molecular formula is C10H9ClO5. The van der Waals surface area contributed by atoms with Crippen LogP contribution in [0.1, 0.15) is 15.9 Å². The summed E-state index contributed by atoms with van der Waals surface area (Å²) in [5.41, 5.74) is -0.544. The lowest BCUT2D eigenvalue weighted by Gasteiger charge is -2.12. The van der Waals surface area contributed by atoms with Crippen LogP contribution >= 0.6 is 11.6 Å². The molecule has 0 aliphatic heterocycles.